The van der Waals surface area contributed by atoms with Crippen LogP contribution in [-0.2, 0) is 13.5 Å². The second kappa shape index (κ2) is 7.02. The Morgan fingerprint density at radius 3 is 2.58 bits per heavy atom. The number of aryl methyl sites for hydroxylation is 1. The van der Waals surface area contributed by atoms with E-state index in [4.69, 9.17) is 0 Å². The van der Waals surface area contributed by atoms with Crippen LogP contribution >= 0.6 is 0 Å². The van der Waals surface area contributed by atoms with Gasteiger partial charge in [-0.05, 0) is 30.5 Å². The summed E-state index contributed by atoms with van der Waals surface area (Å²) >= 11 is 0. The molecule has 1 atom stereocenters. The Balaban J connectivity index is 2.24. The number of carbonyl (C=O) groups is 1. The van der Waals surface area contributed by atoms with Crippen molar-refractivity contribution in [2.24, 2.45) is 13.0 Å². The molecule has 0 spiro atoms. The number of hydrogen-bond donors (Lipinski definition) is 1. The highest BCUT2D eigenvalue weighted by Crippen LogP contribution is 2.31. The van der Waals surface area contributed by atoms with Gasteiger partial charge in [-0.1, -0.05) is 19.9 Å². The van der Waals surface area contributed by atoms with Gasteiger partial charge in [-0.15, -0.1) is 0 Å². The van der Waals surface area contributed by atoms with Crippen molar-refractivity contribution in [3.63, 3.8) is 0 Å². The molecule has 2 aromatic heterocycles. The average molecular weight is 340 g/mol. The maximum atomic E-state index is 13.3. The van der Waals surface area contributed by atoms with E-state index >= 15 is 0 Å². The Morgan fingerprint density at radius 1 is 1.33 bits per heavy atom. The molecule has 2 heterocycles. The fraction of sp³-hybridized carbons (Fsp3) is 0.438. The monoisotopic (exact) mass is 340 g/mol. The smallest absolute Gasteiger partial charge is 0.334 e. The Bertz CT molecular complexity index is 695. The van der Waals surface area contributed by atoms with E-state index in [1.54, 1.807) is 0 Å². The van der Waals surface area contributed by atoms with E-state index in [1.807, 2.05) is 19.2 Å². The summed E-state index contributed by atoms with van der Waals surface area (Å²) in [6.07, 6.45) is -2.75. The summed E-state index contributed by atoms with van der Waals surface area (Å²) in [6.45, 7) is 3.99. The zero-order valence-corrected chi connectivity index (χ0v) is 13.6. The molecule has 0 saturated carbocycles. The number of carbonyl (C=O) groups excluding carboxylic acids is 1. The molecule has 0 fully saturated rings. The van der Waals surface area contributed by atoms with Crippen LogP contribution in [0.3, 0.4) is 0 Å². The van der Waals surface area contributed by atoms with Crippen LogP contribution < -0.4 is 5.32 Å². The lowest BCUT2D eigenvalue weighted by molar-refractivity contribution is -0.156. The van der Waals surface area contributed by atoms with E-state index in [1.165, 1.54) is 42.2 Å². The number of pyridine rings is 1. The molecule has 1 amide bonds. The van der Waals surface area contributed by atoms with E-state index in [0.29, 0.717) is 18.0 Å². The average Bonchev–Trinajstić information content (AvgIpc) is 2.84. The number of halogens is 3. The molecule has 2 aromatic rings. The first-order valence-electron chi connectivity index (χ1n) is 7.50. The van der Waals surface area contributed by atoms with Crippen LogP contribution in [-0.4, -0.2) is 26.8 Å². The molecular weight excluding hydrogens is 321 g/mol. The standard InChI is InChI=1S/C16H19F3N4O/c1-10(2)8-11-9-13(23(3)22-11)15(24)21-14(16(17,18)19)12-6-4-5-7-20-12/h4-7,9-10,14H,8H2,1-3H3,(H,21,24)/t14-/m0/s1. The molecule has 0 unspecified atom stereocenters. The third-order valence-electron chi connectivity index (χ3n) is 3.37. The van der Waals surface area contributed by atoms with Crippen LogP contribution in [0.25, 0.3) is 0 Å². The number of nitrogens with one attached hydrogen (secondary N) is 1. The molecule has 0 saturated heterocycles. The fourth-order valence-corrected chi connectivity index (χ4v) is 2.33. The molecular formula is C16H19F3N4O. The van der Waals surface area contributed by atoms with Crippen molar-refractivity contribution >= 4 is 5.91 Å². The number of rotatable bonds is 5. The normalized spacial score (nSPS) is 13.1. The Labute approximate surface area is 137 Å². The van der Waals surface area contributed by atoms with Gasteiger partial charge in [0.1, 0.15) is 5.69 Å². The number of amides is 1. The first-order chi connectivity index (χ1) is 11.2. The van der Waals surface area contributed by atoms with Crippen molar-refractivity contribution in [2.45, 2.75) is 32.5 Å². The first kappa shape index (κ1) is 18.0. The predicted molar refractivity (Wildman–Crippen MR) is 82.2 cm³/mol. The number of aromatic nitrogens is 3. The van der Waals surface area contributed by atoms with Crippen LogP contribution in [0.2, 0.25) is 0 Å². The minimum absolute atomic E-state index is 0.0795. The molecule has 8 heteroatoms. The third-order valence-corrected chi connectivity index (χ3v) is 3.37. The number of hydrogen-bond acceptors (Lipinski definition) is 3. The quantitative estimate of drug-likeness (QED) is 0.910. The molecule has 2 rings (SSSR count). The molecule has 5 nitrogen and oxygen atoms in total. The molecule has 0 aromatic carbocycles. The van der Waals surface area contributed by atoms with E-state index in [0.717, 1.165) is 0 Å². The van der Waals surface area contributed by atoms with Gasteiger partial charge in [0, 0.05) is 13.2 Å². The summed E-state index contributed by atoms with van der Waals surface area (Å²) in [5, 5.41) is 6.18. The lowest BCUT2D eigenvalue weighted by atomic mass is 10.1. The summed E-state index contributed by atoms with van der Waals surface area (Å²) in [5.74, 6) is -0.514. The SMILES string of the molecule is CC(C)Cc1cc(C(=O)N[C@@H](c2ccccn2)C(F)(F)F)n(C)n1. The minimum atomic E-state index is -4.65. The van der Waals surface area contributed by atoms with E-state index in [2.05, 4.69) is 10.1 Å². The van der Waals surface area contributed by atoms with Crippen molar-refractivity contribution in [3.8, 4) is 0 Å². The molecule has 0 radical (unpaired) electrons. The van der Waals surface area contributed by atoms with E-state index in [-0.39, 0.29) is 11.4 Å². The molecule has 1 N–H and O–H groups in total. The highest BCUT2D eigenvalue weighted by molar-refractivity contribution is 5.93. The lowest BCUT2D eigenvalue weighted by Gasteiger charge is -2.21. The van der Waals surface area contributed by atoms with Gasteiger partial charge < -0.3 is 5.32 Å². The van der Waals surface area contributed by atoms with Crippen molar-refractivity contribution in [1.82, 2.24) is 20.1 Å². The van der Waals surface area contributed by atoms with Crippen molar-refractivity contribution in [3.05, 3.63) is 47.5 Å². The Morgan fingerprint density at radius 2 is 2.04 bits per heavy atom. The van der Waals surface area contributed by atoms with Crippen LogP contribution in [0.5, 0.6) is 0 Å². The largest absolute Gasteiger partial charge is 0.414 e. The number of nitrogens with zero attached hydrogens (tertiary/aromatic N) is 3. The topological polar surface area (TPSA) is 59.8 Å². The first-order valence-corrected chi connectivity index (χ1v) is 7.50. The summed E-state index contributed by atoms with van der Waals surface area (Å²) in [5.41, 5.74) is 0.484. The molecule has 24 heavy (non-hydrogen) atoms. The van der Waals surface area contributed by atoms with Gasteiger partial charge in [0.2, 0.25) is 0 Å². The zero-order chi connectivity index (χ0) is 17.9. The predicted octanol–water partition coefficient (Wildman–Crippen LogP) is 3.05. The molecule has 130 valence electrons. The van der Waals surface area contributed by atoms with Gasteiger partial charge in [0.05, 0.1) is 11.4 Å². The van der Waals surface area contributed by atoms with Crippen LogP contribution in [0, 0.1) is 5.92 Å². The highest BCUT2D eigenvalue weighted by atomic mass is 19.4. The van der Waals surface area contributed by atoms with Crippen LogP contribution in [0.4, 0.5) is 13.2 Å². The lowest BCUT2D eigenvalue weighted by Crippen LogP contribution is -2.39. The summed E-state index contributed by atoms with van der Waals surface area (Å²) < 4.78 is 41.1. The maximum Gasteiger partial charge on any atom is 0.414 e. The van der Waals surface area contributed by atoms with Crippen molar-refractivity contribution in [2.75, 3.05) is 0 Å². The van der Waals surface area contributed by atoms with E-state index < -0.39 is 18.1 Å². The molecule has 0 aliphatic rings. The maximum absolute atomic E-state index is 13.3. The Kier molecular flexibility index (Phi) is 5.26. The van der Waals surface area contributed by atoms with Crippen LogP contribution in [0.15, 0.2) is 30.5 Å². The summed E-state index contributed by atoms with van der Waals surface area (Å²) in [7, 11) is 1.53. The summed E-state index contributed by atoms with van der Waals surface area (Å²) in [6, 6.07) is 3.53. The zero-order valence-electron chi connectivity index (χ0n) is 13.6. The molecule has 0 aliphatic carbocycles. The fourth-order valence-electron chi connectivity index (χ4n) is 2.33. The van der Waals surface area contributed by atoms with Crippen molar-refractivity contribution < 1.29 is 18.0 Å². The van der Waals surface area contributed by atoms with Crippen molar-refractivity contribution in [1.29, 1.82) is 0 Å². The minimum Gasteiger partial charge on any atom is -0.334 e. The van der Waals surface area contributed by atoms with E-state index in [9.17, 15) is 18.0 Å². The van der Waals surface area contributed by atoms with Gasteiger partial charge in [0.25, 0.3) is 5.91 Å². The van der Waals surface area contributed by atoms with Crippen LogP contribution in [0.1, 0.15) is 41.8 Å². The number of alkyl halides is 3. The Hall–Kier alpha value is -2.38. The third kappa shape index (κ3) is 4.33. The second-order valence-corrected chi connectivity index (χ2v) is 5.95. The van der Waals surface area contributed by atoms with Gasteiger partial charge in [-0.3, -0.25) is 14.5 Å². The van der Waals surface area contributed by atoms with Gasteiger partial charge in [-0.25, -0.2) is 0 Å². The van der Waals surface area contributed by atoms with Gasteiger partial charge in [0.15, 0.2) is 6.04 Å². The molecule has 0 bridgehead atoms. The summed E-state index contributed by atoms with van der Waals surface area (Å²) in [4.78, 5) is 16.0. The second-order valence-electron chi connectivity index (χ2n) is 5.95. The van der Waals surface area contributed by atoms with Gasteiger partial charge >= 0.3 is 6.18 Å². The van der Waals surface area contributed by atoms with Gasteiger partial charge in [-0.2, -0.15) is 18.3 Å². The molecule has 0 aliphatic heterocycles. The highest BCUT2D eigenvalue weighted by Gasteiger charge is 2.43.